The fourth-order valence-electron chi connectivity index (χ4n) is 3.68. The predicted octanol–water partition coefficient (Wildman–Crippen LogP) is 3.20. The van der Waals surface area contributed by atoms with Crippen molar-refractivity contribution >= 4 is 5.78 Å². The highest BCUT2D eigenvalue weighted by molar-refractivity contribution is 5.92. The van der Waals surface area contributed by atoms with Gasteiger partial charge in [-0.25, -0.2) is 0 Å². The lowest BCUT2D eigenvalue weighted by molar-refractivity contribution is -0.129. The highest BCUT2D eigenvalue weighted by Crippen LogP contribution is 2.33. The van der Waals surface area contributed by atoms with Gasteiger partial charge in [0.15, 0.2) is 5.78 Å². The molecule has 3 nitrogen and oxygen atoms in total. The van der Waals surface area contributed by atoms with E-state index >= 15 is 0 Å². The summed E-state index contributed by atoms with van der Waals surface area (Å²) < 4.78 is 5.75. The fraction of sp³-hybridized carbons (Fsp3) is 0.526. The molecule has 2 saturated heterocycles. The molecule has 0 aliphatic carbocycles. The van der Waals surface area contributed by atoms with Gasteiger partial charge in [-0.1, -0.05) is 35.9 Å². The van der Waals surface area contributed by atoms with Crippen molar-refractivity contribution in [3.8, 4) is 0 Å². The minimum atomic E-state index is 0.167. The van der Waals surface area contributed by atoms with Crippen LogP contribution in [0.3, 0.4) is 0 Å². The molecule has 0 amide bonds. The van der Waals surface area contributed by atoms with Crippen LogP contribution in [0.1, 0.15) is 32.3 Å². The van der Waals surface area contributed by atoms with Gasteiger partial charge < -0.3 is 4.74 Å². The number of piperidine rings is 1. The van der Waals surface area contributed by atoms with Crippen LogP contribution in [-0.4, -0.2) is 36.0 Å². The van der Waals surface area contributed by atoms with Crippen molar-refractivity contribution in [2.75, 3.05) is 13.2 Å². The molecule has 0 saturated carbocycles. The van der Waals surface area contributed by atoms with Crippen molar-refractivity contribution in [2.45, 2.75) is 45.3 Å². The van der Waals surface area contributed by atoms with Crippen LogP contribution < -0.4 is 0 Å². The molecule has 1 aromatic rings. The molecule has 2 heterocycles. The van der Waals surface area contributed by atoms with Gasteiger partial charge in [0.1, 0.15) is 0 Å². The van der Waals surface area contributed by atoms with E-state index in [2.05, 4.69) is 35.2 Å². The summed E-state index contributed by atoms with van der Waals surface area (Å²) in [6.07, 6.45) is 3.66. The molecule has 0 spiro atoms. The van der Waals surface area contributed by atoms with E-state index in [1.54, 1.807) is 0 Å². The molecule has 0 N–H and O–H groups in total. The number of morpholine rings is 1. The second kappa shape index (κ2) is 6.76. The Morgan fingerprint density at radius 1 is 1.18 bits per heavy atom. The summed E-state index contributed by atoms with van der Waals surface area (Å²) in [4.78, 5) is 14.9. The molecule has 1 aromatic carbocycles. The summed E-state index contributed by atoms with van der Waals surface area (Å²) in [5.74, 6) is 0.470. The molecule has 2 bridgehead atoms. The maximum absolute atomic E-state index is 12.4. The van der Waals surface area contributed by atoms with Gasteiger partial charge in [-0.2, -0.15) is 0 Å². The maximum atomic E-state index is 12.4. The molecule has 2 aliphatic heterocycles. The van der Waals surface area contributed by atoms with E-state index in [1.165, 1.54) is 5.56 Å². The summed E-state index contributed by atoms with van der Waals surface area (Å²) in [5, 5.41) is 0. The number of carbonyl (C=O) groups is 1. The molecule has 2 aliphatic rings. The van der Waals surface area contributed by atoms with E-state index in [0.29, 0.717) is 17.9 Å². The SMILES string of the molecule is CC(C)=CC(=O)C1CC2COCC(C1)N2Cc1ccccc1. The number of hydrogen-bond acceptors (Lipinski definition) is 3. The zero-order chi connectivity index (χ0) is 15.5. The van der Waals surface area contributed by atoms with E-state index in [0.717, 1.165) is 38.2 Å². The predicted molar refractivity (Wildman–Crippen MR) is 87.5 cm³/mol. The quantitative estimate of drug-likeness (QED) is 0.800. The van der Waals surface area contributed by atoms with Crippen molar-refractivity contribution < 1.29 is 9.53 Å². The molecule has 22 heavy (non-hydrogen) atoms. The number of hydrogen-bond donors (Lipinski definition) is 0. The van der Waals surface area contributed by atoms with E-state index in [-0.39, 0.29) is 5.92 Å². The number of rotatable bonds is 4. The molecule has 118 valence electrons. The van der Waals surface area contributed by atoms with Crippen molar-refractivity contribution in [3.63, 3.8) is 0 Å². The smallest absolute Gasteiger partial charge is 0.158 e. The van der Waals surface area contributed by atoms with Gasteiger partial charge >= 0.3 is 0 Å². The molecule has 0 aromatic heterocycles. The first-order chi connectivity index (χ1) is 10.6. The lowest BCUT2D eigenvalue weighted by Gasteiger charge is -2.48. The van der Waals surface area contributed by atoms with Crippen molar-refractivity contribution in [3.05, 3.63) is 47.5 Å². The van der Waals surface area contributed by atoms with Crippen molar-refractivity contribution in [1.29, 1.82) is 0 Å². The second-order valence-corrected chi connectivity index (χ2v) is 6.80. The minimum absolute atomic E-state index is 0.167. The monoisotopic (exact) mass is 299 g/mol. The zero-order valence-electron chi connectivity index (χ0n) is 13.5. The highest BCUT2D eigenvalue weighted by atomic mass is 16.5. The molecule has 0 radical (unpaired) electrons. The Hall–Kier alpha value is -1.45. The largest absolute Gasteiger partial charge is 0.378 e. The Kier molecular flexibility index (Phi) is 4.74. The molecular weight excluding hydrogens is 274 g/mol. The van der Waals surface area contributed by atoms with E-state index in [4.69, 9.17) is 4.74 Å². The second-order valence-electron chi connectivity index (χ2n) is 6.80. The van der Waals surface area contributed by atoms with Crippen LogP contribution in [0.5, 0.6) is 0 Å². The molecule has 3 rings (SSSR count). The number of ketones is 1. The number of benzene rings is 1. The maximum Gasteiger partial charge on any atom is 0.158 e. The Balaban J connectivity index is 1.71. The van der Waals surface area contributed by atoms with E-state index in [9.17, 15) is 4.79 Å². The van der Waals surface area contributed by atoms with E-state index in [1.807, 2.05) is 19.9 Å². The number of carbonyl (C=O) groups excluding carboxylic acids is 1. The van der Waals surface area contributed by atoms with Crippen LogP contribution in [0, 0.1) is 5.92 Å². The van der Waals surface area contributed by atoms with Gasteiger partial charge in [0.25, 0.3) is 0 Å². The first kappa shape index (κ1) is 15.4. The number of fused-ring (bicyclic) bond motifs is 2. The van der Waals surface area contributed by atoms with Gasteiger partial charge in [0.2, 0.25) is 0 Å². The van der Waals surface area contributed by atoms with Crippen LogP contribution in [-0.2, 0) is 16.1 Å². The summed E-state index contributed by atoms with van der Waals surface area (Å²) in [6.45, 7) is 6.45. The Morgan fingerprint density at radius 3 is 2.41 bits per heavy atom. The lowest BCUT2D eigenvalue weighted by Crippen LogP contribution is -2.57. The molecular formula is C19H25NO2. The third-order valence-corrected chi connectivity index (χ3v) is 4.71. The van der Waals surface area contributed by atoms with Gasteiger partial charge in [-0.05, 0) is 38.3 Å². The average Bonchev–Trinajstić information content (AvgIpc) is 2.47. The summed E-state index contributed by atoms with van der Waals surface area (Å²) >= 11 is 0. The van der Waals surface area contributed by atoms with E-state index < -0.39 is 0 Å². The Labute approximate surface area is 133 Å². The Bertz CT molecular complexity index is 534. The molecule has 2 atom stereocenters. The topological polar surface area (TPSA) is 29.5 Å². The standard InChI is InChI=1S/C19H25NO2/c1-14(2)8-19(21)16-9-17-12-22-13-18(10-16)20(17)11-15-6-4-3-5-7-15/h3-8,16-18H,9-13H2,1-2H3. The fourth-order valence-corrected chi connectivity index (χ4v) is 3.68. The Morgan fingerprint density at radius 2 is 1.82 bits per heavy atom. The van der Waals surface area contributed by atoms with Crippen LogP contribution >= 0.6 is 0 Å². The van der Waals surface area contributed by atoms with Crippen LogP contribution in [0.15, 0.2) is 42.0 Å². The van der Waals surface area contributed by atoms with Gasteiger partial charge in [-0.15, -0.1) is 0 Å². The number of allylic oxidation sites excluding steroid dienone is 2. The van der Waals surface area contributed by atoms with Gasteiger partial charge in [0, 0.05) is 24.5 Å². The first-order valence-corrected chi connectivity index (χ1v) is 8.19. The zero-order valence-corrected chi connectivity index (χ0v) is 13.5. The normalized spacial score (nSPS) is 28.2. The molecule has 3 heteroatoms. The molecule has 2 fully saturated rings. The third-order valence-electron chi connectivity index (χ3n) is 4.71. The third kappa shape index (κ3) is 3.47. The summed E-state index contributed by atoms with van der Waals surface area (Å²) in [5.41, 5.74) is 2.44. The number of nitrogens with zero attached hydrogens (tertiary/aromatic N) is 1. The van der Waals surface area contributed by atoms with Crippen LogP contribution in [0.2, 0.25) is 0 Å². The highest BCUT2D eigenvalue weighted by Gasteiger charge is 2.40. The van der Waals surface area contributed by atoms with Crippen LogP contribution in [0.25, 0.3) is 0 Å². The van der Waals surface area contributed by atoms with Gasteiger partial charge in [0.05, 0.1) is 13.2 Å². The lowest BCUT2D eigenvalue weighted by atomic mass is 9.82. The summed E-state index contributed by atoms with van der Waals surface area (Å²) in [7, 11) is 0. The molecule has 2 unspecified atom stereocenters. The van der Waals surface area contributed by atoms with Crippen molar-refractivity contribution in [2.24, 2.45) is 5.92 Å². The summed E-state index contributed by atoms with van der Waals surface area (Å²) in [6, 6.07) is 11.3. The first-order valence-electron chi connectivity index (χ1n) is 8.19. The average molecular weight is 299 g/mol. The number of ether oxygens (including phenoxy) is 1. The van der Waals surface area contributed by atoms with Crippen LogP contribution in [0.4, 0.5) is 0 Å². The van der Waals surface area contributed by atoms with Gasteiger partial charge in [-0.3, -0.25) is 9.69 Å². The van der Waals surface area contributed by atoms with Crippen molar-refractivity contribution in [1.82, 2.24) is 4.90 Å². The minimum Gasteiger partial charge on any atom is -0.378 e.